The number of sulfonamides is 1. The van der Waals surface area contributed by atoms with Crippen LogP contribution in [0.1, 0.15) is 20.8 Å². The third-order valence-electron chi connectivity index (χ3n) is 2.81. The van der Waals surface area contributed by atoms with Gasteiger partial charge < -0.3 is 5.11 Å². The number of rotatable bonds is 3. The molecular formula is C16H19NO3S. The summed E-state index contributed by atoms with van der Waals surface area (Å²) in [5.74, 6) is 0.201. The fraction of sp³-hybridized carbons (Fsp3) is 0.250. The van der Waals surface area contributed by atoms with Crippen molar-refractivity contribution in [3.8, 4) is 16.9 Å². The van der Waals surface area contributed by atoms with Crippen LogP contribution in [0.15, 0.2) is 53.4 Å². The lowest BCUT2D eigenvalue weighted by Gasteiger charge is -2.20. The normalized spacial score (nSPS) is 12.3. The van der Waals surface area contributed by atoms with Gasteiger partial charge in [-0.1, -0.05) is 24.3 Å². The Kier molecular flexibility index (Phi) is 4.07. The van der Waals surface area contributed by atoms with E-state index in [1.54, 1.807) is 69.3 Å². The second kappa shape index (κ2) is 5.50. The van der Waals surface area contributed by atoms with Crippen LogP contribution in [0.25, 0.3) is 11.1 Å². The number of nitrogens with one attached hydrogen (secondary N) is 1. The van der Waals surface area contributed by atoms with Gasteiger partial charge in [0.15, 0.2) is 0 Å². The Balaban J connectivity index is 2.29. The van der Waals surface area contributed by atoms with Crippen LogP contribution in [0.4, 0.5) is 0 Å². The van der Waals surface area contributed by atoms with Crippen LogP contribution in [0.2, 0.25) is 0 Å². The summed E-state index contributed by atoms with van der Waals surface area (Å²) in [6.45, 7) is 5.40. The third kappa shape index (κ3) is 4.06. The second-order valence-electron chi connectivity index (χ2n) is 5.93. The highest BCUT2D eigenvalue weighted by Gasteiger charge is 2.21. The molecule has 5 heteroatoms. The molecular weight excluding hydrogens is 286 g/mol. The maximum Gasteiger partial charge on any atom is 0.241 e. The average Bonchev–Trinajstić information content (AvgIpc) is 2.37. The molecule has 2 N–H and O–H groups in total. The van der Waals surface area contributed by atoms with Crippen molar-refractivity contribution >= 4 is 10.0 Å². The molecule has 0 atom stereocenters. The summed E-state index contributed by atoms with van der Waals surface area (Å²) >= 11 is 0. The van der Waals surface area contributed by atoms with Gasteiger partial charge >= 0.3 is 0 Å². The zero-order valence-corrected chi connectivity index (χ0v) is 13.1. The van der Waals surface area contributed by atoms with E-state index in [1.807, 2.05) is 0 Å². The van der Waals surface area contributed by atoms with Gasteiger partial charge in [0.05, 0.1) is 4.90 Å². The van der Waals surface area contributed by atoms with Gasteiger partial charge in [0.1, 0.15) is 5.75 Å². The predicted molar refractivity (Wildman–Crippen MR) is 83.6 cm³/mol. The second-order valence-corrected chi connectivity index (χ2v) is 7.61. The summed E-state index contributed by atoms with van der Waals surface area (Å²) in [7, 11) is -3.51. The highest BCUT2D eigenvalue weighted by molar-refractivity contribution is 7.89. The molecule has 4 nitrogen and oxygen atoms in total. The fourth-order valence-electron chi connectivity index (χ4n) is 1.94. The van der Waals surface area contributed by atoms with E-state index in [-0.39, 0.29) is 10.6 Å². The maximum atomic E-state index is 12.2. The first kappa shape index (κ1) is 15.5. The van der Waals surface area contributed by atoms with Gasteiger partial charge in [-0.15, -0.1) is 0 Å². The van der Waals surface area contributed by atoms with Crippen molar-refractivity contribution in [3.63, 3.8) is 0 Å². The number of hydrogen-bond donors (Lipinski definition) is 2. The third-order valence-corrected chi connectivity index (χ3v) is 4.58. The molecule has 0 spiro atoms. The van der Waals surface area contributed by atoms with Crippen LogP contribution >= 0.6 is 0 Å². The van der Waals surface area contributed by atoms with E-state index in [9.17, 15) is 13.5 Å². The number of phenolic OH excluding ortho intramolecular Hbond substituents is 1. The first-order valence-electron chi connectivity index (χ1n) is 6.61. The van der Waals surface area contributed by atoms with Crippen molar-refractivity contribution in [1.29, 1.82) is 0 Å². The Morgan fingerprint density at radius 3 is 1.71 bits per heavy atom. The number of phenols is 1. The lowest BCUT2D eigenvalue weighted by atomic mass is 10.1. The van der Waals surface area contributed by atoms with Crippen LogP contribution in [0.3, 0.4) is 0 Å². The van der Waals surface area contributed by atoms with Crippen molar-refractivity contribution in [2.75, 3.05) is 0 Å². The molecule has 0 fully saturated rings. The summed E-state index contributed by atoms with van der Waals surface area (Å²) in [4.78, 5) is 0.236. The molecule has 0 heterocycles. The lowest BCUT2D eigenvalue weighted by Crippen LogP contribution is -2.40. The van der Waals surface area contributed by atoms with Crippen molar-refractivity contribution < 1.29 is 13.5 Å². The topological polar surface area (TPSA) is 66.4 Å². The molecule has 0 aliphatic carbocycles. The van der Waals surface area contributed by atoms with E-state index >= 15 is 0 Å². The minimum absolute atomic E-state index is 0.201. The molecule has 0 saturated carbocycles. The quantitative estimate of drug-likeness (QED) is 0.915. The standard InChI is InChI=1S/C16H19NO3S/c1-16(2,3)17-21(19,20)15-10-6-13(7-11-15)12-4-8-14(18)9-5-12/h4-11,17-18H,1-3H3. The van der Waals surface area contributed by atoms with E-state index in [2.05, 4.69) is 4.72 Å². The number of hydrogen-bond acceptors (Lipinski definition) is 3. The van der Waals surface area contributed by atoms with Crippen molar-refractivity contribution in [2.24, 2.45) is 0 Å². The average molecular weight is 305 g/mol. The monoisotopic (exact) mass is 305 g/mol. The summed E-state index contributed by atoms with van der Waals surface area (Å²) < 4.78 is 27.0. The van der Waals surface area contributed by atoms with Crippen LogP contribution in [0, 0.1) is 0 Å². The van der Waals surface area contributed by atoms with Gasteiger partial charge in [0.2, 0.25) is 10.0 Å². The van der Waals surface area contributed by atoms with Gasteiger partial charge in [-0.05, 0) is 56.2 Å². The Bertz CT molecular complexity index is 712. The zero-order chi connectivity index (χ0) is 15.7. The first-order valence-corrected chi connectivity index (χ1v) is 8.09. The molecule has 0 aromatic heterocycles. The Morgan fingerprint density at radius 2 is 1.29 bits per heavy atom. The van der Waals surface area contributed by atoms with Gasteiger partial charge in [0.25, 0.3) is 0 Å². The van der Waals surface area contributed by atoms with Crippen molar-refractivity contribution in [2.45, 2.75) is 31.2 Å². The molecule has 2 aromatic carbocycles. The molecule has 0 saturated heterocycles. The minimum atomic E-state index is -3.51. The van der Waals surface area contributed by atoms with Gasteiger partial charge in [-0.2, -0.15) is 0 Å². The Morgan fingerprint density at radius 1 is 0.857 bits per heavy atom. The number of benzene rings is 2. The van der Waals surface area contributed by atoms with Gasteiger partial charge in [-0.25, -0.2) is 13.1 Å². The first-order chi connectivity index (χ1) is 9.67. The molecule has 0 bridgehead atoms. The largest absolute Gasteiger partial charge is 0.508 e. The Labute approximate surface area is 125 Å². The molecule has 21 heavy (non-hydrogen) atoms. The van der Waals surface area contributed by atoms with Gasteiger partial charge in [0, 0.05) is 5.54 Å². The van der Waals surface area contributed by atoms with E-state index in [4.69, 9.17) is 0 Å². The summed E-state index contributed by atoms with van der Waals surface area (Å²) in [6.07, 6.45) is 0. The summed E-state index contributed by atoms with van der Waals surface area (Å²) in [5, 5.41) is 9.27. The van der Waals surface area contributed by atoms with E-state index in [1.165, 1.54) is 0 Å². The number of aromatic hydroxyl groups is 1. The molecule has 0 unspecified atom stereocenters. The molecule has 0 aliphatic heterocycles. The Hall–Kier alpha value is -1.85. The summed E-state index contributed by atoms with van der Waals surface area (Å²) in [6, 6.07) is 13.4. The molecule has 0 radical (unpaired) electrons. The van der Waals surface area contributed by atoms with E-state index in [0.29, 0.717) is 0 Å². The molecule has 0 amide bonds. The predicted octanol–water partition coefficient (Wildman–Crippen LogP) is 3.14. The van der Waals surface area contributed by atoms with Crippen molar-refractivity contribution in [1.82, 2.24) is 4.72 Å². The van der Waals surface area contributed by atoms with E-state index < -0.39 is 15.6 Å². The fourth-order valence-corrected chi connectivity index (χ4v) is 3.36. The van der Waals surface area contributed by atoms with Crippen molar-refractivity contribution in [3.05, 3.63) is 48.5 Å². The lowest BCUT2D eigenvalue weighted by molar-refractivity contribution is 0.475. The molecule has 2 aromatic rings. The minimum Gasteiger partial charge on any atom is -0.508 e. The maximum absolute atomic E-state index is 12.2. The highest BCUT2D eigenvalue weighted by Crippen LogP contribution is 2.23. The van der Waals surface area contributed by atoms with Crippen LogP contribution < -0.4 is 4.72 Å². The molecule has 112 valence electrons. The van der Waals surface area contributed by atoms with Crippen LogP contribution in [0.5, 0.6) is 5.75 Å². The highest BCUT2D eigenvalue weighted by atomic mass is 32.2. The van der Waals surface area contributed by atoms with Crippen LogP contribution in [-0.2, 0) is 10.0 Å². The zero-order valence-electron chi connectivity index (χ0n) is 12.3. The van der Waals surface area contributed by atoms with Gasteiger partial charge in [-0.3, -0.25) is 0 Å². The molecule has 2 rings (SSSR count). The van der Waals surface area contributed by atoms with Crippen LogP contribution in [-0.4, -0.2) is 19.1 Å². The summed E-state index contributed by atoms with van der Waals surface area (Å²) in [5.41, 5.74) is 1.29. The van der Waals surface area contributed by atoms with E-state index in [0.717, 1.165) is 11.1 Å². The smallest absolute Gasteiger partial charge is 0.241 e. The molecule has 0 aliphatic rings. The SMILES string of the molecule is CC(C)(C)NS(=O)(=O)c1ccc(-c2ccc(O)cc2)cc1.